The first-order valence-electron chi connectivity index (χ1n) is 6.80. The Morgan fingerprint density at radius 1 is 1.04 bits per heavy atom. The first-order valence-corrected chi connectivity index (χ1v) is 7.21. The molecule has 8 heteroatoms. The van der Waals surface area contributed by atoms with E-state index in [1.54, 1.807) is 25.3 Å². The van der Waals surface area contributed by atoms with Crippen LogP contribution in [0.3, 0.4) is 0 Å². The summed E-state index contributed by atoms with van der Waals surface area (Å²) in [6, 6.07) is 8.66. The van der Waals surface area contributed by atoms with Crippen LogP contribution < -0.4 is 20.2 Å². The minimum atomic E-state index is -0.940. The van der Waals surface area contributed by atoms with Gasteiger partial charge in [0, 0.05) is 11.8 Å². The number of anilines is 1. The highest BCUT2D eigenvalue weighted by Gasteiger charge is 2.05. The van der Waals surface area contributed by atoms with E-state index in [2.05, 4.69) is 15.8 Å². The SMILES string of the molecule is COc1ccc(NC(=S)N/N=C\c2ccc(F)c(F)c2)cc1OC. The van der Waals surface area contributed by atoms with Crippen LogP contribution in [-0.4, -0.2) is 25.5 Å². The summed E-state index contributed by atoms with van der Waals surface area (Å²) < 4.78 is 36.2. The Hall–Kier alpha value is -2.74. The van der Waals surface area contributed by atoms with E-state index in [1.165, 1.54) is 19.4 Å². The van der Waals surface area contributed by atoms with E-state index in [1.807, 2.05) is 0 Å². The van der Waals surface area contributed by atoms with Crippen LogP contribution in [0, 0.1) is 11.6 Å². The van der Waals surface area contributed by atoms with Crippen molar-refractivity contribution in [2.75, 3.05) is 19.5 Å². The molecule has 0 aliphatic heterocycles. The van der Waals surface area contributed by atoms with Gasteiger partial charge in [-0.25, -0.2) is 8.78 Å². The number of hydrogen-bond acceptors (Lipinski definition) is 4. The van der Waals surface area contributed by atoms with Gasteiger partial charge in [0.05, 0.1) is 20.4 Å². The zero-order chi connectivity index (χ0) is 17.5. The van der Waals surface area contributed by atoms with Gasteiger partial charge < -0.3 is 14.8 Å². The number of nitrogens with zero attached hydrogens (tertiary/aromatic N) is 1. The van der Waals surface area contributed by atoms with E-state index in [0.717, 1.165) is 12.1 Å². The second-order valence-electron chi connectivity index (χ2n) is 4.57. The molecule has 0 spiro atoms. The van der Waals surface area contributed by atoms with Crippen LogP contribution in [0.25, 0.3) is 0 Å². The Balaban J connectivity index is 1.95. The lowest BCUT2D eigenvalue weighted by molar-refractivity contribution is 0.355. The number of methoxy groups -OCH3 is 2. The molecule has 2 rings (SSSR count). The third-order valence-corrected chi connectivity index (χ3v) is 3.16. The van der Waals surface area contributed by atoms with Crippen molar-refractivity contribution in [1.82, 2.24) is 5.43 Å². The number of hydrazone groups is 1. The van der Waals surface area contributed by atoms with Gasteiger partial charge in [0.2, 0.25) is 0 Å². The van der Waals surface area contributed by atoms with Gasteiger partial charge in [-0.2, -0.15) is 5.10 Å². The highest BCUT2D eigenvalue weighted by Crippen LogP contribution is 2.29. The molecule has 0 saturated carbocycles. The molecule has 0 aliphatic carbocycles. The van der Waals surface area contributed by atoms with Crippen molar-refractivity contribution in [1.29, 1.82) is 0 Å². The van der Waals surface area contributed by atoms with Crippen molar-refractivity contribution < 1.29 is 18.3 Å². The molecule has 0 atom stereocenters. The van der Waals surface area contributed by atoms with Gasteiger partial charge in [-0.1, -0.05) is 6.07 Å². The van der Waals surface area contributed by atoms with Crippen LogP contribution in [0.1, 0.15) is 5.56 Å². The maximum Gasteiger partial charge on any atom is 0.191 e. The largest absolute Gasteiger partial charge is 0.493 e. The summed E-state index contributed by atoms with van der Waals surface area (Å²) in [6.07, 6.45) is 1.32. The van der Waals surface area contributed by atoms with Crippen molar-refractivity contribution in [2.45, 2.75) is 0 Å². The highest BCUT2D eigenvalue weighted by molar-refractivity contribution is 7.80. The van der Waals surface area contributed by atoms with E-state index < -0.39 is 11.6 Å². The molecule has 0 aromatic heterocycles. The molecule has 2 N–H and O–H groups in total. The monoisotopic (exact) mass is 351 g/mol. The lowest BCUT2D eigenvalue weighted by atomic mass is 10.2. The molecule has 0 aliphatic rings. The molecule has 5 nitrogen and oxygen atoms in total. The molecular formula is C16H15F2N3O2S. The molecule has 0 fully saturated rings. The van der Waals surface area contributed by atoms with Crippen molar-refractivity contribution in [3.8, 4) is 11.5 Å². The number of benzene rings is 2. The van der Waals surface area contributed by atoms with Gasteiger partial charge in [-0.05, 0) is 42.0 Å². The Bertz CT molecular complexity index is 769. The molecule has 0 amide bonds. The minimum absolute atomic E-state index is 0.223. The lowest BCUT2D eigenvalue weighted by Gasteiger charge is -2.11. The summed E-state index contributed by atoms with van der Waals surface area (Å²) in [7, 11) is 3.08. The number of nitrogens with one attached hydrogen (secondary N) is 2. The van der Waals surface area contributed by atoms with E-state index >= 15 is 0 Å². The van der Waals surface area contributed by atoms with Gasteiger partial charge in [0.15, 0.2) is 28.2 Å². The summed E-state index contributed by atoms with van der Waals surface area (Å²) in [5.74, 6) is -0.704. The molecule has 0 bridgehead atoms. The van der Waals surface area contributed by atoms with Crippen LogP contribution in [0.2, 0.25) is 0 Å². The number of thiocarbonyl (C=S) groups is 1. The Morgan fingerprint density at radius 2 is 1.79 bits per heavy atom. The number of halogens is 2. The third-order valence-electron chi connectivity index (χ3n) is 2.96. The van der Waals surface area contributed by atoms with Crippen molar-refractivity contribution >= 4 is 29.2 Å². The van der Waals surface area contributed by atoms with Crippen molar-refractivity contribution in [2.24, 2.45) is 5.10 Å². The average molecular weight is 351 g/mol. The molecule has 2 aromatic carbocycles. The number of ether oxygens (including phenoxy) is 2. The highest BCUT2D eigenvalue weighted by atomic mass is 32.1. The molecule has 0 radical (unpaired) electrons. The predicted molar refractivity (Wildman–Crippen MR) is 92.9 cm³/mol. The van der Waals surface area contributed by atoms with Gasteiger partial charge in [0.1, 0.15) is 0 Å². The fraction of sp³-hybridized carbons (Fsp3) is 0.125. The maximum absolute atomic E-state index is 13.1. The van der Waals surface area contributed by atoms with Crippen LogP contribution in [0.15, 0.2) is 41.5 Å². The summed E-state index contributed by atoms with van der Waals surface area (Å²) in [4.78, 5) is 0. The van der Waals surface area contributed by atoms with Crippen LogP contribution in [0.4, 0.5) is 14.5 Å². The molecule has 0 saturated heterocycles. The first kappa shape index (κ1) is 17.6. The first-order chi connectivity index (χ1) is 11.5. The number of rotatable bonds is 5. The van der Waals surface area contributed by atoms with Gasteiger partial charge in [-0.15, -0.1) is 0 Å². The fourth-order valence-electron chi connectivity index (χ4n) is 1.83. The topological polar surface area (TPSA) is 54.9 Å². The Kier molecular flexibility index (Phi) is 6.02. The second kappa shape index (κ2) is 8.21. The van der Waals surface area contributed by atoms with E-state index in [4.69, 9.17) is 21.7 Å². The molecule has 0 unspecified atom stereocenters. The zero-order valence-electron chi connectivity index (χ0n) is 13.0. The van der Waals surface area contributed by atoms with Crippen molar-refractivity contribution in [3.05, 3.63) is 53.6 Å². The summed E-state index contributed by atoms with van der Waals surface area (Å²) in [5, 5.41) is 7.00. The van der Waals surface area contributed by atoms with Gasteiger partial charge in [-0.3, -0.25) is 5.43 Å². The van der Waals surface area contributed by atoms with Crippen LogP contribution >= 0.6 is 12.2 Å². The Labute approximate surface area is 143 Å². The zero-order valence-corrected chi connectivity index (χ0v) is 13.8. The van der Waals surface area contributed by atoms with Crippen molar-refractivity contribution in [3.63, 3.8) is 0 Å². The van der Waals surface area contributed by atoms with E-state index in [0.29, 0.717) is 22.7 Å². The normalized spacial score (nSPS) is 10.5. The molecule has 2 aromatic rings. The van der Waals surface area contributed by atoms with Gasteiger partial charge >= 0.3 is 0 Å². The average Bonchev–Trinajstić information content (AvgIpc) is 2.58. The molecular weight excluding hydrogens is 336 g/mol. The molecule has 0 heterocycles. The maximum atomic E-state index is 13.1. The Morgan fingerprint density at radius 3 is 2.46 bits per heavy atom. The third kappa shape index (κ3) is 4.63. The lowest BCUT2D eigenvalue weighted by Crippen LogP contribution is -2.23. The minimum Gasteiger partial charge on any atom is -0.493 e. The number of hydrogen-bond donors (Lipinski definition) is 2. The molecule has 24 heavy (non-hydrogen) atoms. The standard InChI is InChI=1S/C16H15F2N3O2S/c1-22-14-6-4-11(8-15(14)23-2)20-16(24)21-19-9-10-3-5-12(17)13(18)7-10/h3-9H,1-2H3,(H2,20,21,24)/b19-9-. The fourth-order valence-corrected chi connectivity index (χ4v) is 2.00. The summed E-state index contributed by atoms with van der Waals surface area (Å²) in [5.41, 5.74) is 3.65. The second-order valence-corrected chi connectivity index (χ2v) is 4.98. The predicted octanol–water partition coefficient (Wildman–Crippen LogP) is 3.30. The van der Waals surface area contributed by atoms with E-state index in [-0.39, 0.29) is 5.11 Å². The van der Waals surface area contributed by atoms with Crippen LogP contribution in [-0.2, 0) is 0 Å². The summed E-state index contributed by atoms with van der Waals surface area (Å²) in [6.45, 7) is 0. The summed E-state index contributed by atoms with van der Waals surface area (Å²) >= 11 is 5.10. The van der Waals surface area contributed by atoms with E-state index in [9.17, 15) is 8.78 Å². The smallest absolute Gasteiger partial charge is 0.191 e. The molecule has 126 valence electrons. The quantitative estimate of drug-likeness (QED) is 0.492. The van der Waals surface area contributed by atoms with Gasteiger partial charge in [0.25, 0.3) is 0 Å². The van der Waals surface area contributed by atoms with Crippen LogP contribution in [0.5, 0.6) is 11.5 Å².